The predicted molar refractivity (Wildman–Crippen MR) is 48.6 cm³/mol. The second-order valence-corrected chi connectivity index (χ2v) is 3.28. The number of allylic oxidation sites excluding steroid dienone is 3. The van der Waals surface area contributed by atoms with Crippen LogP contribution in [0.15, 0.2) is 23.1 Å². The van der Waals surface area contributed by atoms with Gasteiger partial charge in [0, 0.05) is 0 Å². The standard InChI is InChI=1S/C9H13NO3/c1-6-4-7(2)9(13-3)5-8(6)10(11)12/h5-6H,4H2,1-3H3. The highest BCUT2D eigenvalue weighted by molar-refractivity contribution is 5.27. The summed E-state index contributed by atoms with van der Waals surface area (Å²) in [4.78, 5) is 10.3. The van der Waals surface area contributed by atoms with E-state index in [4.69, 9.17) is 4.74 Å². The normalized spacial score (nSPS) is 22.7. The molecule has 0 heterocycles. The highest BCUT2D eigenvalue weighted by Gasteiger charge is 2.26. The van der Waals surface area contributed by atoms with E-state index in [1.165, 1.54) is 13.2 Å². The summed E-state index contributed by atoms with van der Waals surface area (Å²) in [5.41, 5.74) is 1.31. The summed E-state index contributed by atoms with van der Waals surface area (Å²) in [6.45, 7) is 3.78. The van der Waals surface area contributed by atoms with E-state index in [1.54, 1.807) is 0 Å². The average molecular weight is 183 g/mol. The van der Waals surface area contributed by atoms with Crippen LogP contribution >= 0.6 is 0 Å². The van der Waals surface area contributed by atoms with Crippen molar-refractivity contribution in [3.05, 3.63) is 33.2 Å². The Kier molecular flexibility index (Phi) is 2.70. The van der Waals surface area contributed by atoms with Crippen LogP contribution in [0.4, 0.5) is 0 Å². The zero-order valence-corrected chi connectivity index (χ0v) is 8.03. The van der Waals surface area contributed by atoms with E-state index >= 15 is 0 Å². The number of ether oxygens (including phenoxy) is 1. The molecule has 4 nitrogen and oxygen atoms in total. The van der Waals surface area contributed by atoms with E-state index in [9.17, 15) is 10.1 Å². The summed E-state index contributed by atoms with van der Waals surface area (Å²) in [6, 6.07) is 0. The van der Waals surface area contributed by atoms with Crippen LogP contribution < -0.4 is 0 Å². The second-order valence-electron chi connectivity index (χ2n) is 3.28. The number of methoxy groups -OCH3 is 1. The van der Waals surface area contributed by atoms with Gasteiger partial charge in [0.2, 0.25) is 0 Å². The molecule has 1 unspecified atom stereocenters. The number of hydrogen-bond acceptors (Lipinski definition) is 3. The number of nitrogens with zero attached hydrogens (tertiary/aromatic N) is 1. The first-order valence-electron chi connectivity index (χ1n) is 4.16. The van der Waals surface area contributed by atoms with E-state index in [1.807, 2.05) is 13.8 Å². The van der Waals surface area contributed by atoms with E-state index in [-0.39, 0.29) is 16.5 Å². The van der Waals surface area contributed by atoms with Crippen molar-refractivity contribution < 1.29 is 9.66 Å². The number of nitro groups is 1. The maximum atomic E-state index is 10.6. The summed E-state index contributed by atoms with van der Waals surface area (Å²) in [7, 11) is 1.53. The van der Waals surface area contributed by atoms with Crippen molar-refractivity contribution in [1.29, 1.82) is 0 Å². The largest absolute Gasteiger partial charge is 0.497 e. The fourth-order valence-electron chi connectivity index (χ4n) is 1.53. The van der Waals surface area contributed by atoms with Gasteiger partial charge in [0.05, 0.1) is 24.0 Å². The summed E-state index contributed by atoms with van der Waals surface area (Å²) >= 11 is 0. The van der Waals surface area contributed by atoms with Crippen molar-refractivity contribution >= 4 is 0 Å². The predicted octanol–water partition coefficient (Wildman–Crippen LogP) is 2.11. The van der Waals surface area contributed by atoms with Crippen LogP contribution in [0.25, 0.3) is 0 Å². The van der Waals surface area contributed by atoms with E-state index in [0.717, 1.165) is 5.57 Å². The highest BCUT2D eigenvalue weighted by atomic mass is 16.6. The Balaban J connectivity index is 3.02. The molecule has 0 aromatic heterocycles. The minimum atomic E-state index is -0.337. The van der Waals surface area contributed by atoms with Gasteiger partial charge in [-0.25, -0.2) is 0 Å². The van der Waals surface area contributed by atoms with Crippen molar-refractivity contribution in [1.82, 2.24) is 0 Å². The Morgan fingerprint density at radius 3 is 2.77 bits per heavy atom. The molecular formula is C9H13NO3. The lowest BCUT2D eigenvalue weighted by Crippen LogP contribution is -2.14. The quantitative estimate of drug-likeness (QED) is 0.486. The second kappa shape index (κ2) is 3.60. The van der Waals surface area contributed by atoms with Gasteiger partial charge in [-0.3, -0.25) is 10.1 Å². The van der Waals surface area contributed by atoms with Gasteiger partial charge in [-0.2, -0.15) is 0 Å². The Hall–Kier alpha value is -1.32. The third-order valence-corrected chi connectivity index (χ3v) is 2.25. The molecule has 1 rings (SSSR count). The first kappa shape index (κ1) is 9.77. The van der Waals surface area contributed by atoms with Gasteiger partial charge < -0.3 is 4.74 Å². The van der Waals surface area contributed by atoms with Gasteiger partial charge in [-0.05, 0) is 18.9 Å². The van der Waals surface area contributed by atoms with Crippen molar-refractivity contribution in [3.8, 4) is 0 Å². The maximum Gasteiger partial charge on any atom is 0.253 e. The van der Waals surface area contributed by atoms with Crippen molar-refractivity contribution in [2.45, 2.75) is 20.3 Å². The van der Waals surface area contributed by atoms with Crippen molar-refractivity contribution in [3.63, 3.8) is 0 Å². The van der Waals surface area contributed by atoms with Gasteiger partial charge in [0.25, 0.3) is 5.70 Å². The fourth-order valence-corrected chi connectivity index (χ4v) is 1.53. The van der Waals surface area contributed by atoms with Crippen molar-refractivity contribution in [2.24, 2.45) is 5.92 Å². The Labute approximate surface area is 77.0 Å². The lowest BCUT2D eigenvalue weighted by atomic mass is 9.93. The molecule has 0 spiro atoms. The number of rotatable bonds is 2. The van der Waals surface area contributed by atoms with Gasteiger partial charge in [0.1, 0.15) is 5.76 Å². The van der Waals surface area contributed by atoms with Crippen LogP contribution in [0, 0.1) is 16.0 Å². The molecule has 4 heteroatoms. The summed E-state index contributed by atoms with van der Waals surface area (Å²) in [6.07, 6.45) is 2.22. The van der Waals surface area contributed by atoms with Crippen LogP contribution in [0.1, 0.15) is 20.3 Å². The average Bonchev–Trinajstić information content (AvgIpc) is 2.03. The molecular weight excluding hydrogens is 170 g/mol. The maximum absolute atomic E-state index is 10.6. The number of hydrogen-bond donors (Lipinski definition) is 0. The Morgan fingerprint density at radius 1 is 1.69 bits per heavy atom. The van der Waals surface area contributed by atoms with E-state index in [0.29, 0.717) is 12.2 Å². The zero-order valence-electron chi connectivity index (χ0n) is 8.03. The molecule has 0 saturated heterocycles. The summed E-state index contributed by atoms with van der Waals surface area (Å²) in [5, 5.41) is 10.6. The molecule has 0 fully saturated rings. The molecule has 0 saturated carbocycles. The van der Waals surface area contributed by atoms with Crippen molar-refractivity contribution in [2.75, 3.05) is 7.11 Å². The SMILES string of the molecule is COC1=C(C)CC(C)C([N+](=O)[O-])=C1. The van der Waals surface area contributed by atoms with Crippen LogP contribution in [0.5, 0.6) is 0 Å². The molecule has 0 bridgehead atoms. The molecule has 0 aromatic carbocycles. The van der Waals surface area contributed by atoms with E-state index < -0.39 is 0 Å². The molecule has 0 N–H and O–H groups in total. The van der Waals surface area contributed by atoms with Crippen LogP contribution in [0.3, 0.4) is 0 Å². The first-order valence-corrected chi connectivity index (χ1v) is 4.16. The molecule has 0 radical (unpaired) electrons. The highest BCUT2D eigenvalue weighted by Crippen LogP contribution is 2.29. The molecule has 1 aliphatic rings. The van der Waals surface area contributed by atoms with Gasteiger partial charge >= 0.3 is 0 Å². The molecule has 1 aliphatic carbocycles. The molecule has 13 heavy (non-hydrogen) atoms. The van der Waals surface area contributed by atoms with Crippen LogP contribution in [-0.2, 0) is 4.74 Å². The van der Waals surface area contributed by atoms with Gasteiger partial charge in [-0.1, -0.05) is 6.92 Å². The van der Waals surface area contributed by atoms with Gasteiger partial charge in [-0.15, -0.1) is 0 Å². The smallest absolute Gasteiger partial charge is 0.253 e. The Bertz CT molecular complexity index is 291. The third-order valence-electron chi connectivity index (χ3n) is 2.25. The van der Waals surface area contributed by atoms with E-state index in [2.05, 4.69) is 0 Å². The molecule has 0 amide bonds. The molecule has 0 aromatic rings. The Morgan fingerprint density at radius 2 is 2.31 bits per heavy atom. The third kappa shape index (κ3) is 1.88. The monoisotopic (exact) mass is 183 g/mol. The minimum absolute atomic E-state index is 0.0195. The minimum Gasteiger partial charge on any atom is -0.497 e. The fraction of sp³-hybridized carbons (Fsp3) is 0.556. The first-order chi connectivity index (χ1) is 6.06. The molecule has 72 valence electrons. The molecule has 1 atom stereocenters. The topological polar surface area (TPSA) is 52.4 Å². The zero-order chi connectivity index (χ0) is 10.0. The lowest BCUT2D eigenvalue weighted by Gasteiger charge is -2.17. The van der Waals surface area contributed by atoms with Crippen LogP contribution in [-0.4, -0.2) is 12.0 Å². The summed E-state index contributed by atoms with van der Waals surface area (Å²) < 4.78 is 5.03. The lowest BCUT2D eigenvalue weighted by molar-refractivity contribution is -0.433. The summed E-state index contributed by atoms with van der Waals surface area (Å²) in [5.74, 6) is 0.610. The molecule has 0 aliphatic heterocycles. The van der Waals surface area contributed by atoms with Crippen LogP contribution in [0.2, 0.25) is 0 Å². The van der Waals surface area contributed by atoms with Gasteiger partial charge in [0.15, 0.2) is 0 Å².